The molecule has 2 aromatic rings. The van der Waals surface area contributed by atoms with Gasteiger partial charge in [-0.2, -0.15) is 0 Å². The Morgan fingerprint density at radius 3 is 2.66 bits per heavy atom. The van der Waals surface area contributed by atoms with Crippen LogP contribution in [0.3, 0.4) is 0 Å². The summed E-state index contributed by atoms with van der Waals surface area (Å²) in [6, 6.07) is 10.2. The molecule has 32 heavy (non-hydrogen) atoms. The number of anilines is 1. The maximum atomic E-state index is 13.2. The number of aliphatic carboxylic acids is 1. The summed E-state index contributed by atoms with van der Waals surface area (Å²) in [6.07, 6.45) is 1.29. The predicted molar refractivity (Wildman–Crippen MR) is 112 cm³/mol. The second-order valence-corrected chi connectivity index (χ2v) is 7.53. The van der Waals surface area contributed by atoms with Crippen LogP contribution in [0.2, 0.25) is 5.02 Å². The van der Waals surface area contributed by atoms with Gasteiger partial charge in [-0.15, -0.1) is 0 Å². The molecule has 3 amide bonds. The van der Waals surface area contributed by atoms with Crippen molar-refractivity contribution in [1.29, 1.82) is 0 Å². The van der Waals surface area contributed by atoms with Crippen LogP contribution in [-0.4, -0.2) is 46.5 Å². The van der Waals surface area contributed by atoms with Crippen LogP contribution >= 0.6 is 11.6 Å². The van der Waals surface area contributed by atoms with Crippen molar-refractivity contribution in [3.63, 3.8) is 0 Å². The number of carbonyl (C=O) groups is 4. The van der Waals surface area contributed by atoms with Crippen LogP contribution in [0.25, 0.3) is 0 Å². The summed E-state index contributed by atoms with van der Waals surface area (Å²) in [7, 11) is 0. The van der Waals surface area contributed by atoms with E-state index in [9.17, 15) is 19.2 Å². The maximum absolute atomic E-state index is 13.2. The normalized spacial score (nSPS) is 17.3. The van der Waals surface area contributed by atoms with Crippen LogP contribution in [0.15, 0.2) is 54.6 Å². The van der Waals surface area contributed by atoms with Crippen LogP contribution < -0.4 is 14.4 Å². The molecule has 164 valence electrons. The second kappa shape index (κ2) is 8.72. The van der Waals surface area contributed by atoms with Gasteiger partial charge in [-0.05, 0) is 35.9 Å². The Balaban J connectivity index is 1.65. The smallest absolute Gasteiger partial charge is 0.328 e. The number of hydrogen-bond acceptors (Lipinski definition) is 6. The number of carboxylic acids is 1. The van der Waals surface area contributed by atoms with Crippen molar-refractivity contribution in [3.05, 3.63) is 65.2 Å². The quantitative estimate of drug-likeness (QED) is 0.524. The summed E-state index contributed by atoms with van der Waals surface area (Å²) >= 11 is 5.99. The van der Waals surface area contributed by atoms with Crippen LogP contribution in [0, 0.1) is 0 Å². The van der Waals surface area contributed by atoms with Gasteiger partial charge in [-0.25, -0.2) is 9.69 Å². The van der Waals surface area contributed by atoms with E-state index in [-0.39, 0.29) is 19.8 Å². The Morgan fingerprint density at radius 2 is 1.91 bits per heavy atom. The molecule has 1 N–H and O–H groups in total. The van der Waals surface area contributed by atoms with Crippen LogP contribution in [-0.2, 0) is 25.7 Å². The molecule has 0 spiro atoms. The number of halogens is 1. The fourth-order valence-corrected chi connectivity index (χ4v) is 3.75. The lowest BCUT2D eigenvalue weighted by Gasteiger charge is -2.27. The molecule has 0 unspecified atom stereocenters. The summed E-state index contributed by atoms with van der Waals surface area (Å²) in [5.41, 5.74) is 0.916. The van der Waals surface area contributed by atoms with Gasteiger partial charge in [-0.3, -0.25) is 14.4 Å². The van der Waals surface area contributed by atoms with Crippen molar-refractivity contribution in [3.8, 4) is 11.5 Å². The third kappa shape index (κ3) is 4.28. The lowest BCUT2D eigenvalue weighted by atomic mass is 10.1. The van der Waals surface area contributed by atoms with E-state index >= 15 is 0 Å². The molecule has 0 saturated carbocycles. The van der Waals surface area contributed by atoms with Crippen molar-refractivity contribution in [2.24, 2.45) is 0 Å². The molecule has 2 aliphatic heterocycles. The highest BCUT2D eigenvalue weighted by Crippen LogP contribution is 2.34. The summed E-state index contributed by atoms with van der Waals surface area (Å²) in [6.45, 7) is 0.0273. The molecule has 0 radical (unpaired) electrons. The van der Waals surface area contributed by atoms with E-state index in [0.29, 0.717) is 33.8 Å². The number of carboxylic acid groups (broad SMARTS) is 1. The zero-order valence-electron chi connectivity index (χ0n) is 16.6. The van der Waals surface area contributed by atoms with Gasteiger partial charge in [0.2, 0.25) is 18.6 Å². The Kier molecular flexibility index (Phi) is 5.83. The van der Waals surface area contributed by atoms with Crippen LogP contribution in [0.1, 0.15) is 12.0 Å². The highest BCUT2D eigenvalue weighted by molar-refractivity contribution is 6.31. The Hall–Kier alpha value is -3.85. The van der Waals surface area contributed by atoms with Gasteiger partial charge in [0.15, 0.2) is 11.5 Å². The van der Waals surface area contributed by atoms with Gasteiger partial charge in [0, 0.05) is 23.7 Å². The minimum absolute atomic E-state index is 0.0491. The minimum atomic E-state index is -1.31. The number of amides is 3. The molecule has 9 nitrogen and oxygen atoms in total. The monoisotopic (exact) mass is 456 g/mol. The molecule has 4 rings (SSSR count). The van der Waals surface area contributed by atoms with Crippen LogP contribution in [0.5, 0.6) is 11.5 Å². The fraction of sp³-hybridized carbons (Fsp3) is 0.182. The topological polar surface area (TPSA) is 113 Å². The van der Waals surface area contributed by atoms with E-state index < -0.39 is 29.7 Å². The molecule has 2 heterocycles. The number of imide groups is 1. The molecule has 2 aromatic carbocycles. The zero-order chi connectivity index (χ0) is 22.8. The van der Waals surface area contributed by atoms with Crippen molar-refractivity contribution in [2.75, 3.05) is 11.7 Å². The third-order valence-electron chi connectivity index (χ3n) is 5.01. The van der Waals surface area contributed by atoms with Gasteiger partial charge >= 0.3 is 5.97 Å². The first kappa shape index (κ1) is 21.4. The number of rotatable bonds is 6. The summed E-state index contributed by atoms with van der Waals surface area (Å²) in [4.78, 5) is 51.7. The first-order valence-corrected chi connectivity index (χ1v) is 9.94. The zero-order valence-corrected chi connectivity index (χ0v) is 17.3. The Labute approximate surface area is 187 Å². The molecule has 2 aliphatic rings. The van der Waals surface area contributed by atoms with Crippen molar-refractivity contribution in [1.82, 2.24) is 4.90 Å². The second-order valence-electron chi connectivity index (χ2n) is 7.09. The predicted octanol–water partition coefficient (Wildman–Crippen LogP) is 2.37. The number of fused-ring (bicyclic) bond motifs is 1. The first-order valence-electron chi connectivity index (χ1n) is 9.56. The number of nitrogens with zero attached hydrogens (tertiary/aromatic N) is 2. The number of benzene rings is 2. The minimum Gasteiger partial charge on any atom is -0.478 e. The van der Waals surface area contributed by atoms with Crippen molar-refractivity contribution in [2.45, 2.75) is 19.0 Å². The molecule has 10 heteroatoms. The van der Waals surface area contributed by atoms with Crippen LogP contribution in [0.4, 0.5) is 5.69 Å². The van der Waals surface area contributed by atoms with Gasteiger partial charge in [0.05, 0.1) is 12.1 Å². The van der Waals surface area contributed by atoms with Crippen molar-refractivity contribution < 1.29 is 33.8 Å². The lowest BCUT2D eigenvalue weighted by Crippen LogP contribution is -2.44. The summed E-state index contributed by atoms with van der Waals surface area (Å²) in [5, 5.41) is 9.24. The fourth-order valence-electron chi connectivity index (χ4n) is 3.56. The SMILES string of the molecule is O=C(O)/C=C/C(=O)N(Cc1ccc2c(c1)OCO2)[C@H]1CC(=O)N(c2cccc(Cl)c2)C1=O. The molecule has 0 bridgehead atoms. The molecule has 1 fully saturated rings. The average Bonchev–Trinajstić information content (AvgIpc) is 3.33. The van der Waals surface area contributed by atoms with Gasteiger partial charge < -0.3 is 19.5 Å². The van der Waals surface area contributed by atoms with E-state index in [4.69, 9.17) is 26.2 Å². The first-order chi connectivity index (χ1) is 15.3. The highest BCUT2D eigenvalue weighted by Gasteiger charge is 2.44. The molecule has 1 atom stereocenters. The summed E-state index contributed by atoms with van der Waals surface area (Å²) in [5.74, 6) is -2.08. The Morgan fingerprint density at radius 1 is 1.12 bits per heavy atom. The molecular weight excluding hydrogens is 440 g/mol. The van der Waals surface area contributed by atoms with E-state index in [1.165, 1.54) is 11.0 Å². The van der Waals surface area contributed by atoms with E-state index in [2.05, 4.69) is 0 Å². The number of carbonyl (C=O) groups excluding carboxylic acids is 3. The lowest BCUT2D eigenvalue weighted by molar-refractivity contribution is -0.135. The van der Waals surface area contributed by atoms with Gasteiger partial charge in [0.25, 0.3) is 5.91 Å². The maximum Gasteiger partial charge on any atom is 0.328 e. The van der Waals surface area contributed by atoms with Gasteiger partial charge in [-0.1, -0.05) is 23.7 Å². The summed E-state index contributed by atoms with van der Waals surface area (Å²) < 4.78 is 10.6. The third-order valence-corrected chi connectivity index (χ3v) is 5.24. The van der Waals surface area contributed by atoms with E-state index in [1.54, 1.807) is 36.4 Å². The molecular formula is C22H17ClN2O7. The highest BCUT2D eigenvalue weighted by atomic mass is 35.5. The molecule has 0 aromatic heterocycles. The molecule has 0 aliphatic carbocycles. The standard InChI is InChI=1S/C22H17ClN2O7/c23-14-2-1-3-15(9-14)25-20(27)10-16(22(25)30)24(19(26)6-7-21(28)29)11-13-4-5-17-18(8-13)32-12-31-17/h1-9,16H,10-12H2,(H,28,29)/b7-6+/t16-/m0/s1. The van der Waals surface area contributed by atoms with E-state index in [1.807, 2.05) is 0 Å². The average molecular weight is 457 g/mol. The molecule has 1 saturated heterocycles. The number of hydrogen-bond donors (Lipinski definition) is 1. The van der Waals surface area contributed by atoms with Gasteiger partial charge in [0.1, 0.15) is 6.04 Å². The Bertz CT molecular complexity index is 1150. The largest absolute Gasteiger partial charge is 0.478 e. The van der Waals surface area contributed by atoms with E-state index in [0.717, 1.165) is 11.0 Å². The number of ether oxygens (including phenoxy) is 2. The van der Waals surface area contributed by atoms with Crippen molar-refractivity contribution >= 4 is 41.0 Å².